The number of hydrogen-bond acceptors (Lipinski definition) is 1. The highest BCUT2D eigenvalue weighted by Gasteiger charge is 2.20. The third-order valence-electron chi connectivity index (χ3n) is 3.08. The van der Waals surface area contributed by atoms with Gasteiger partial charge in [0.15, 0.2) is 0 Å². The van der Waals surface area contributed by atoms with Gasteiger partial charge in [-0.3, -0.25) is 4.79 Å². The standard InChI is InChI=1S/C13H26BrNO/c1-5-11(6-2)12(16)15-10-13(3,4)8-7-9-14/h11H,5-10H2,1-4H3,(H,15,16). The van der Waals surface area contributed by atoms with Crippen LogP contribution in [0, 0.1) is 11.3 Å². The van der Waals surface area contributed by atoms with Gasteiger partial charge in [-0.25, -0.2) is 0 Å². The normalized spacial score (nSPS) is 11.9. The fourth-order valence-electron chi connectivity index (χ4n) is 1.76. The quantitative estimate of drug-likeness (QED) is 0.678. The number of carbonyl (C=O) groups excluding carboxylic acids is 1. The Morgan fingerprint density at radius 2 is 1.88 bits per heavy atom. The summed E-state index contributed by atoms with van der Waals surface area (Å²) < 4.78 is 0. The van der Waals surface area contributed by atoms with Crippen molar-refractivity contribution in [1.82, 2.24) is 5.32 Å². The maximum atomic E-state index is 11.8. The van der Waals surface area contributed by atoms with Crippen molar-refractivity contribution in [1.29, 1.82) is 0 Å². The van der Waals surface area contributed by atoms with Gasteiger partial charge in [-0.15, -0.1) is 0 Å². The summed E-state index contributed by atoms with van der Waals surface area (Å²) in [5.74, 6) is 0.406. The van der Waals surface area contributed by atoms with Gasteiger partial charge < -0.3 is 5.32 Å². The number of carbonyl (C=O) groups is 1. The summed E-state index contributed by atoms with van der Waals surface area (Å²) in [6.45, 7) is 9.36. The van der Waals surface area contributed by atoms with Crippen LogP contribution < -0.4 is 5.32 Å². The number of alkyl halides is 1. The number of rotatable bonds is 8. The Labute approximate surface area is 109 Å². The monoisotopic (exact) mass is 291 g/mol. The minimum absolute atomic E-state index is 0.187. The highest BCUT2D eigenvalue weighted by Crippen LogP contribution is 2.22. The number of hydrogen-bond donors (Lipinski definition) is 1. The van der Waals surface area contributed by atoms with E-state index in [0.717, 1.165) is 37.6 Å². The van der Waals surface area contributed by atoms with Crippen molar-refractivity contribution in [3.05, 3.63) is 0 Å². The van der Waals surface area contributed by atoms with Crippen molar-refractivity contribution in [2.75, 3.05) is 11.9 Å². The van der Waals surface area contributed by atoms with Crippen LogP contribution in [-0.4, -0.2) is 17.8 Å². The van der Waals surface area contributed by atoms with E-state index in [2.05, 4.69) is 48.9 Å². The highest BCUT2D eigenvalue weighted by molar-refractivity contribution is 9.09. The molecule has 0 fully saturated rings. The van der Waals surface area contributed by atoms with Crippen LogP contribution in [0.2, 0.25) is 0 Å². The molecule has 0 aromatic heterocycles. The Kier molecular flexibility index (Phi) is 8.08. The zero-order valence-electron chi connectivity index (χ0n) is 11.1. The molecule has 0 aromatic rings. The van der Waals surface area contributed by atoms with E-state index < -0.39 is 0 Å². The fraction of sp³-hybridized carbons (Fsp3) is 0.923. The molecule has 0 aliphatic heterocycles. The molecule has 0 atom stereocenters. The molecule has 0 aliphatic rings. The third kappa shape index (κ3) is 6.51. The lowest BCUT2D eigenvalue weighted by molar-refractivity contribution is -0.125. The second-order valence-electron chi connectivity index (χ2n) is 5.19. The van der Waals surface area contributed by atoms with E-state index in [9.17, 15) is 4.79 Å². The summed E-state index contributed by atoms with van der Waals surface area (Å²) in [4.78, 5) is 11.8. The maximum absolute atomic E-state index is 11.8. The van der Waals surface area contributed by atoms with Gasteiger partial charge in [-0.2, -0.15) is 0 Å². The summed E-state index contributed by atoms with van der Waals surface area (Å²) in [6.07, 6.45) is 4.17. The van der Waals surface area contributed by atoms with E-state index in [0.29, 0.717) is 0 Å². The fourth-order valence-corrected chi connectivity index (χ4v) is 2.04. The van der Waals surface area contributed by atoms with Gasteiger partial charge in [-0.05, 0) is 31.1 Å². The van der Waals surface area contributed by atoms with Crippen LogP contribution in [-0.2, 0) is 4.79 Å². The molecule has 0 rings (SSSR count). The maximum Gasteiger partial charge on any atom is 0.223 e. The molecule has 3 heteroatoms. The van der Waals surface area contributed by atoms with Gasteiger partial charge in [0.25, 0.3) is 0 Å². The first-order chi connectivity index (χ1) is 7.46. The first kappa shape index (κ1) is 16.0. The summed E-state index contributed by atoms with van der Waals surface area (Å²) in [6, 6.07) is 0. The summed E-state index contributed by atoms with van der Waals surface area (Å²) >= 11 is 3.44. The van der Waals surface area contributed by atoms with Crippen LogP contribution in [0.4, 0.5) is 0 Å². The van der Waals surface area contributed by atoms with Gasteiger partial charge in [0.05, 0.1) is 0 Å². The molecule has 1 amide bonds. The van der Waals surface area contributed by atoms with Crippen molar-refractivity contribution < 1.29 is 4.79 Å². The van der Waals surface area contributed by atoms with E-state index in [-0.39, 0.29) is 17.2 Å². The van der Waals surface area contributed by atoms with E-state index >= 15 is 0 Å². The topological polar surface area (TPSA) is 29.1 Å². The van der Waals surface area contributed by atoms with Gasteiger partial charge in [0.2, 0.25) is 5.91 Å². The Hall–Kier alpha value is -0.0500. The molecule has 16 heavy (non-hydrogen) atoms. The molecule has 0 aliphatic carbocycles. The number of amides is 1. The number of halogens is 1. The van der Waals surface area contributed by atoms with E-state index in [1.54, 1.807) is 0 Å². The zero-order chi connectivity index (χ0) is 12.6. The molecular formula is C13H26BrNO. The molecular weight excluding hydrogens is 266 g/mol. The highest BCUT2D eigenvalue weighted by atomic mass is 79.9. The largest absolute Gasteiger partial charge is 0.355 e. The Balaban J connectivity index is 3.97. The summed E-state index contributed by atoms with van der Waals surface area (Å²) in [5, 5.41) is 4.12. The predicted octanol–water partition coefficient (Wildman–Crippen LogP) is 3.74. The lowest BCUT2D eigenvalue weighted by Crippen LogP contribution is -2.37. The predicted molar refractivity (Wildman–Crippen MR) is 73.9 cm³/mol. The van der Waals surface area contributed by atoms with Crippen LogP contribution in [0.3, 0.4) is 0 Å². The molecule has 0 heterocycles. The first-order valence-electron chi connectivity index (χ1n) is 6.30. The zero-order valence-corrected chi connectivity index (χ0v) is 12.7. The second kappa shape index (κ2) is 8.10. The molecule has 0 bridgehead atoms. The lowest BCUT2D eigenvalue weighted by Gasteiger charge is -2.25. The van der Waals surface area contributed by atoms with E-state index in [1.165, 1.54) is 0 Å². The van der Waals surface area contributed by atoms with Crippen LogP contribution in [0.5, 0.6) is 0 Å². The van der Waals surface area contributed by atoms with Crippen LogP contribution in [0.1, 0.15) is 53.4 Å². The SMILES string of the molecule is CCC(CC)C(=O)NCC(C)(C)CCCBr. The average molecular weight is 292 g/mol. The van der Waals surface area contributed by atoms with Gasteiger partial charge in [0, 0.05) is 17.8 Å². The van der Waals surface area contributed by atoms with Crippen molar-refractivity contribution >= 4 is 21.8 Å². The van der Waals surface area contributed by atoms with Crippen LogP contribution in [0.25, 0.3) is 0 Å². The van der Waals surface area contributed by atoms with E-state index in [4.69, 9.17) is 0 Å². The Morgan fingerprint density at radius 3 is 2.31 bits per heavy atom. The van der Waals surface area contributed by atoms with Crippen molar-refractivity contribution in [3.63, 3.8) is 0 Å². The second-order valence-corrected chi connectivity index (χ2v) is 5.98. The molecule has 0 aromatic carbocycles. The van der Waals surface area contributed by atoms with E-state index in [1.807, 2.05) is 0 Å². The molecule has 0 unspecified atom stereocenters. The molecule has 96 valence electrons. The summed E-state index contributed by atoms with van der Waals surface area (Å²) in [5.41, 5.74) is 0.204. The third-order valence-corrected chi connectivity index (χ3v) is 3.65. The number of nitrogens with one attached hydrogen (secondary N) is 1. The first-order valence-corrected chi connectivity index (χ1v) is 7.42. The van der Waals surface area contributed by atoms with Gasteiger partial charge in [0.1, 0.15) is 0 Å². The van der Waals surface area contributed by atoms with Crippen LogP contribution in [0.15, 0.2) is 0 Å². The summed E-state index contributed by atoms with van der Waals surface area (Å²) in [7, 11) is 0. The molecule has 0 saturated carbocycles. The lowest BCUT2D eigenvalue weighted by atomic mass is 9.88. The molecule has 0 radical (unpaired) electrons. The van der Waals surface area contributed by atoms with Crippen molar-refractivity contribution in [2.45, 2.75) is 53.4 Å². The molecule has 0 saturated heterocycles. The minimum atomic E-state index is 0.187. The van der Waals surface area contributed by atoms with Crippen molar-refractivity contribution in [3.8, 4) is 0 Å². The average Bonchev–Trinajstić information content (AvgIpc) is 2.25. The van der Waals surface area contributed by atoms with Crippen LogP contribution >= 0.6 is 15.9 Å². The molecule has 2 nitrogen and oxygen atoms in total. The smallest absolute Gasteiger partial charge is 0.223 e. The minimum Gasteiger partial charge on any atom is -0.355 e. The van der Waals surface area contributed by atoms with Crippen molar-refractivity contribution in [2.24, 2.45) is 11.3 Å². The Morgan fingerprint density at radius 1 is 1.31 bits per heavy atom. The molecule has 0 spiro atoms. The van der Waals surface area contributed by atoms with Gasteiger partial charge >= 0.3 is 0 Å². The molecule has 1 N–H and O–H groups in total. The van der Waals surface area contributed by atoms with Gasteiger partial charge in [-0.1, -0.05) is 43.6 Å². The Bertz CT molecular complexity index is 200.